The molecule has 0 radical (unpaired) electrons. The number of amides is 1. The van der Waals surface area contributed by atoms with E-state index in [1.165, 1.54) is 6.07 Å². The maximum Gasteiger partial charge on any atom is 0.253 e. The van der Waals surface area contributed by atoms with Gasteiger partial charge in [-0.25, -0.2) is 12.8 Å². The third-order valence-electron chi connectivity index (χ3n) is 8.72. The van der Waals surface area contributed by atoms with Crippen molar-refractivity contribution in [3.8, 4) is 5.69 Å². The maximum atomic E-state index is 15.6. The van der Waals surface area contributed by atoms with Gasteiger partial charge < -0.3 is 30.0 Å². The molecule has 41 heavy (non-hydrogen) atoms. The minimum Gasteiger partial charge on any atom is -0.382 e. The van der Waals surface area contributed by atoms with Crippen molar-refractivity contribution in [2.75, 3.05) is 37.3 Å². The summed E-state index contributed by atoms with van der Waals surface area (Å²) >= 11 is 0. The largest absolute Gasteiger partial charge is 0.382 e. The molecule has 3 heterocycles. The first-order valence-electron chi connectivity index (χ1n) is 14.7. The van der Waals surface area contributed by atoms with Gasteiger partial charge in [0, 0.05) is 23.8 Å². The molecule has 0 atom stereocenters. The Morgan fingerprint density at radius 1 is 1.17 bits per heavy atom. The van der Waals surface area contributed by atoms with E-state index in [1.54, 1.807) is 6.07 Å². The number of sulfone groups is 1. The molecule has 1 amide bonds. The van der Waals surface area contributed by atoms with Crippen molar-refractivity contribution in [3.05, 3.63) is 40.5 Å². The zero-order valence-corrected chi connectivity index (χ0v) is 25.4. The molecule has 1 fully saturated rings. The number of aromatic nitrogens is 1. The molecule has 1 saturated carbocycles. The number of hydrogen-bond acceptors (Lipinski definition) is 7. The summed E-state index contributed by atoms with van der Waals surface area (Å²) < 4.78 is 55.9. The second-order valence-corrected chi connectivity index (χ2v) is 14.3. The number of likely N-dealkylation sites (N-methyl/N-ethyl adjacent to an activating group) is 1. The lowest BCUT2D eigenvalue weighted by Crippen LogP contribution is -2.33. The molecular formula is C30H43FN4O5S. The molecule has 11 heteroatoms. The van der Waals surface area contributed by atoms with Crippen molar-refractivity contribution < 1.29 is 27.1 Å². The van der Waals surface area contributed by atoms with Crippen LogP contribution in [0.5, 0.6) is 0 Å². The molecule has 0 saturated heterocycles. The Morgan fingerprint density at radius 2 is 1.88 bits per heavy atom. The number of nitrogens with one attached hydrogen (secondary N) is 1. The van der Waals surface area contributed by atoms with E-state index in [1.807, 2.05) is 18.4 Å². The average Bonchev–Trinajstić information content (AvgIpc) is 3.46. The zero-order valence-electron chi connectivity index (χ0n) is 24.6. The molecule has 3 N–H and O–H groups in total. The van der Waals surface area contributed by atoms with Gasteiger partial charge in [0.15, 0.2) is 9.84 Å². The SMILES string of the molecule is CCN(CC)CCOC1CCC(Nc2cc(-n3c4c(c5c3CC(C)(C)CS5(=O)=O)COC4)cc(F)c2C(N)=O)CC1. The lowest BCUT2D eigenvalue weighted by molar-refractivity contribution is 0.0156. The second-order valence-electron chi connectivity index (χ2n) is 12.4. The topological polar surface area (TPSA) is 116 Å². The minimum absolute atomic E-state index is 0.0253. The highest BCUT2D eigenvalue weighted by Crippen LogP contribution is 2.44. The fourth-order valence-electron chi connectivity index (χ4n) is 6.75. The molecule has 3 aliphatic rings. The number of ether oxygens (including phenoxy) is 2. The molecule has 0 bridgehead atoms. The van der Waals surface area contributed by atoms with Crippen molar-refractivity contribution in [1.29, 1.82) is 0 Å². The fourth-order valence-corrected chi connectivity index (χ4v) is 9.10. The average molecular weight is 591 g/mol. The van der Waals surface area contributed by atoms with Gasteiger partial charge in [-0.3, -0.25) is 4.79 Å². The van der Waals surface area contributed by atoms with Crippen LogP contribution in [-0.2, 0) is 38.9 Å². The Kier molecular flexibility index (Phi) is 8.53. The first-order chi connectivity index (χ1) is 19.4. The number of primary amides is 1. The van der Waals surface area contributed by atoms with Gasteiger partial charge in [0.2, 0.25) is 0 Å². The van der Waals surface area contributed by atoms with Crippen LogP contribution in [0, 0.1) is 11.2 Å². The summed E-state index contributed by atoms with van der Waals surface area (Å²) in [5.41, 5.74) is 7.78. The van der Waals surface area contributed by atoms with Crippen LogP contribution in [0.1, 0.15) is 80.7 Å². The van der Waals surface area contributed by atoms with E-state index in [0.29, 0.717) is 40.6 Å². The van der Waals surface area contributed by atoms with Gasteiger partial charge in [-0.15, -0.1) is 0 Å². The van der Waals surface area contributed by atoms with Gasteiger partial charge >= 0.3 is 0 Å². The minimum atomic E-state index is -3.55. The number of halogens is 1. The summed E-state index contributed by atoms with van der Waals surface area (Å²) in [5, 5.41) is 3.40. The third kappa shape index (κ3) is 6.04. The first-order valence-corrected chi connectivity index (χ1v) is 16.4. The van der Waals surface area contributed by atoms with Crippen molar-refractivity contribution in [1.82, 2.24) is 9.47 Å². The Morgan fingerprint density at radius 3 is 2.54 bits per heavy atom. The van der Waals surface area contributed by atoms with E-state index in [9.17, 15) is 13.2 Å². The number of rotatable bonds is 10. The molecule has 2 aromatic rings. The molecule has 0 unspecified atom stereocenters. The molecular weight excluding hydrogens is 547 g/mol. The third-order valence-corrected chi connectivity index (χ3v) is 11.0. The number of benzene rings is 1. The lowest BCUT2D eigenvalue weighted by atomic mass is 9.89. The quantitative estimate of drug-likeness (QED) is 0.427. The van der Waals surface area contributed by atoms with Crippen LogP contribution in [0.25, 0.3) is 5.69 Å². The van der Waals surface area contributed by atoms with Crippen molar-refractivity contribution >= 4 is 21.4 Å². The summed E-state index contributed by atoms with van der Waals surface area (Å²) in [4.78, 5) is 15.0. The van der Waals surface area contributed by atoms with Crippen LogP contribution in [0.4, 0.5) is 10.1 Å². The van der Waals surface area contributed by atoms with Crippen LogP contribution in [0.2, 0.25) is 0 Å². The van der Waals surface area contributed by atoms with Crippen LogP contribution in [0.15, 0.2) is 17.0 Å². The fraction of sp³-hybridized carbons (Fsp3) is 0.633. The smallest absolute Gasteiger partial charge is 0.253 e. The number of nitrogens with zero attached hydrogens (tertiary/aromatic N) is 2. The zero-order chi connectivity index (χ0) is 29.5. The summed E-state index contributed by atoms with van der Waals surface area (Å²) in [6.07, 6.45) is 4.07. The summed E-state index contributed by atoms with van der Waals surface area (Å²) in [6, 6.07) is 3.03. The first kappa shape index (κ1) is 30.0. The Balaban J connectivity index is 1.42. The molecule has 1 aromatic heterocycles. The number of anilines is 1. The van der Waals surface area contributed by atoms with E-state index in [4.69, 9.17) is 15.2 Å². The Bertz CT molecular complexity index is 1410. The highest BCUT2D eigenvalue weighted by atomic mass is 32.2. The highest BCUT2D eigenvalue weighted by Gasteiger charge is 2.43. The van der Waals surface area contributed by atoms with Gasteiger partial charge in [-0.2, -0.15) is 0 Å². The predicted octanol–water partition coefficient (Wildman–Crippen LogP) is 4.18. The molecule has 226 valence electrons. The van der Waals surface area contributed by atoms with E-state index >= 15 is 4.39 Å². The van der Waals surface area contributed by atoms with Gasteiger partial charge in [-0.05, 0) is 62.7 Å². The highest BCUT2D eigenvalue weighted by molar-refractivity contribution is 7.91. The number of fused-ring (bicyclic) bond motifs is 3. The Hall–Kier alpha value is -2.47. The van der Waals surface area contributed by atoms with Crippen molar-refractivity contribution in [2.24, 2.45) is 11.1 Å². The number of nitrogens with two attached hydrogens (primary N) is 1. The maximum absolute atomic E-state index is 15.6. The summed E-state index contributed by atoms with van der Waals surface area (Å²) in [7, 11) is -3.55. The molecule has 1 aromatic carbocycles. The number of carbonyl (C=O) groups excluding carboxylic acids is 1. The molecule has 2 aliphatic heterocycles. The van der Waals surface area contributed by atoms with Crippen LogP contribution >= 0.6 is 0 Å². The molecule has 0 spiro atoms. The molecule has 5 rings (SSSR count). The normalized spacial score (nSPS) is 22.9. The van der Waals surface area contributed by atoms with Crippen LogP contribution < -0.4 is 11.1 Å². The monoisotopic (exact) mass is 590 g/mol. The summed E-state index contributed by atoms with van der Waals surface area (Å²) in [6.45, 7) is 12.2. The standard InChI is InChI=1S/C30H43FN4O5S/c1-5-34(6-2)11-12-40-21-9-7-19(8-10-21)33-24-14-20(13-23(31)27(24)29(32)36)35-25-15-30(3,4)18-41(37,38)28(25)22-16-39-17-26(22)35/h13-14,19,21,33H,5-12,15-18H2,1-4H3,(H2,32,36). The predicted molar refractivity (Wildman–Crippen MR) is 156 cm³/mol. The van der Waals surface area contributed by atoms with Crippen LogP contribution in [-0.4, -0.2) is 67.9 Å². The van der Waals surface area contributed by atoms with Gasteiger partial charge in [0.05, 0.1) is 59.2 Å². The van der Waals surface area contributed by atoms with Gasteiger partial charge in [0.25, 0.3) is 5.91 Å². The number of carbonyl (C=O) groups is 1. The van der Waals surface area contributed by atoms with Gasteiger partial charge in [0.1, 0.15) is 5.82 Å². The number of hydrogen-bond donors (Lipinski definition) is 2. The van der Waals surface area contributed by atoms with E-state index in [0.717, 1.165) is 51.0 Å². The van der Waals surface area contributed by atoms with Crippen LogP contribution in [0.3, 0.4) is 0 Å². The molecule has 1 aliphatic carbocycles. The molecule has 9 nitrogen and oxygen atoms in total. The van der Waals surface area contributed by atoms with E-state index in [2.05, 4.69) is 24.1 Å². The van der Waals surface area contributed by atoms with E-state index in [-0.39, 0.29) is 36.7 Å². The summed E-state index contributed by atoms with van der Waals surface area (Å²) in [5.74, 6) is -1.54. The van der Waals surface area contributed by atoms with Crippen molar-refractivity contribution in [3.63, 3.8) is 0 Å². The Labute approximate surface area is 242 Å². The lowest BCUT2D eigenvalue weighted by Gasteiger charge is -2.32. The van der Waals surface area contributed by atoms with E-state index < -0.39 is 27.0 Å². The second kappa shape index (κ2) is 11.7. The van der Waals surface area contributed by atoms with Crippen molar-refractivity contribution in [2.45, 2.75) is 90.1 Å². The van der Waals surface area contributed by atoms with Gasteiger partial charge in [-0.1, -0.05) is 27.7 Å².